The topological polar surface area (TPSA) is 120 Å². The van der Waals surface area contributed by atoms with E-state index in [1.54, 1.807) is 18.2 Å². The van der Waals surface area contributed by atoms with Crippen molar-refractivity contribution in [3.8, 4) is 17.0 Å². The van der Waals surface area contributed by atoms with E-state index in [0.717, 1.165) is 18.2 Å². The highest BCUT2D eigenvalue weighted by atomic mass is 35.5. The van der Waals surface area contributed by atoms with Gasteiger partial charge >= 0.3 is 0 Å². The van der Waals surface area contributed by atoms with E-state index in [4.69, 9.17) is 16.3 Å². The van der Waals surface area contributed by atoms with Crippen LogP contribution in [0.2, 0.25) is 5.02 Å². The maximum atomic E-state index is 13.5. The number of hydrogen-bond acceptors (Lipinski definition) is 7. The Hall–Kier alpha value is -3.83. The summed E-state index contributed by atoms with van der Waals surface area (Å²) < 4.78 is 48.6. The quantitative estimate of drug-likeness (QED) is 0.267. The summed E-state index contributed by atoms with van der Waals surface area (Å²) in [6.07, 6.45) is 3.40. The largest absolute Gasteiger partial charge is 0.480 e. The van der Waals surface area contributed by atoms with Crippen molar-refractivity contribution in [2.45, 2.75) is 38.6 Å². The monoisotopic (exact) mass is 586 g/mol. The van der Waals surface area contributed by atoms with Gasteiger partial charge in [0.2, 0.25) is 5.88 Å². The Kier molecular flexibility index (Phi) is 8.55. The fourth-order valence-electron chi connectivity index (χ4n) is 4.32. The van der Waals surface area contributed by atoms with Crippen molar-refractivity contribution in [3.63, 3.8) is 0 Å². The number of aromatic nitrogens is 3. The molecule has 0 aliphatic heterocycles. The molecule has 2 heterocycles. The van der Waals surface area contributed by atoms with Crippen LogP contribution in [0.5, 0.6) is 5.88 Å². The van der Waals surface area contributed by atoms with Gasteiger partial charge in [0.1, 0.15) is 22.2 Å². The Morgan fingerprint density at radius 3 is 2.55 bits per heavy atom. The number of anilines is 1. The van der Waals surface area contributed by atoms with Crippen LogP contribution in [-0.4, -0.2) is 35.8 Å². The Labute approximate surface area is 236 Å². The van der Waals surface area contributed by atoms with E-state index < -0.39 is 15.8 Å². The molecular formula is C28H28ClFN4O5S. The van der Waals surface area contributed by atoms with Gasteiger partial charge < -0.3 is 4.74 Å². The predicted molar refractivity (Wildman–Crippen MR) is 152 cm³/mol. The third-order valence-corrected chi connectivity index (χ3v) is 8.67. The van der Waals surface area contributed by atoms with Crippen LogP contribution in [0.25, 0.3) is 22.0 Å². The van der Waals surface area contributed by atoms with Crippen molar-refractivity contribution in [2.75, 3.05) is 11.8 Å². The number of nitrogens with zero attached hydrogens (tertiary/aromatic N) is 3. The predicted octanol–water partition coefficient (Wildman–Crippen LogP) is 5.31. The molecule has 12 heteroatoms. The zero-order valence-electron chi connectivity index (χ0n) is 22.3. The number of benzene rings is 2. The van der Waals surface area contributed by atoms with Gasteiger partial charge in [-0.05, 0) is 47.9 Å². The molecular weight excluding hydrogens is 559 g/mol. The molecule has 2 aromatic heterocycles. The van der Waals surface area contributed by atoms with E-state index in [-0.39, 0.29) is 44.7 Å². The molecule has 0 bridgehead atoms. The van der Waals surface area contributed by atoms with E-state index in [0.29, 0.717) is 35.0 Å². The summed E-state index contributed by atoms with van der Waals surface area (Å²) in [5.74, 6) is -0.801. The number of carbonyl (C=O) groups excluding carboxylic acids is 1. The minimum Gasteiger partial charge on any atom is -0.480 e. The molecule has 210 valence electrons. The molecule has 9 nitrogen and oxygen atoms in total. The molecule has 0 fully saturated rings. The number of carbonyl (C=O) groups is 1. The van der Waals surface area contributed by atoms with Gasteiger partial charge in [0.15, 0.2) is 0 Å². The number of ether oxygens (including phenoxy) is 1. The zero-order chi connectivity index (χ0) is 29.2. The molecule has 1 N–H and O–H groups in total. The van der Waals surface area contributed by atoms with Gasteiger partial charge in [-0.2, -0.15) is 0 Å². The Morgan fingerprint density at radius 1 is 1.12 bits per heavy atom. The molecule has 0 saturated carbocycles. The minimum atomic E-state index is -4.22. The minimum absolute atomic E-state index is 0.0000968. The van der Waals surface area contributed by atoms with E-state index in [2.05, 4.69) is 14.7 Å². The molecule has 4 aromatic rings. The molecule has 4 rings (SSSR count). The molecule has 2 atom stereocenters. The normalized spacial score (nSPS) is 13.2. The fraction of sp³-hybridized carbons (Fsp3) is 0.286. The fourth-order valence-corrected chi connectivity index (χ4v) is 5.90. The number of Topliss-reactive ketones (excluding diaryl/α,β-unsaturated/α-hetero) is 1. The van der Waals surface area contributed by atoms with E-state index >= 15 is 0 Å². The summed E-state index contributed by atoms with van der Waals surface area (Å²) in [7, 11) is -2.88. The van der Waals surface area contributed by atoms with Gasteiger partial charge in [-0.25, -0.2) is 22.8 Å². The zero-order valence-corrected chi connectivity index (χ0v) is 23.9. The first-order chi connectivity index (χ1) is 18.9. The van der Waals surface area contributed by atoms with Crippen LogP contribution in [0, 0.1) is 17.7 Å². The van der Waals surface area contributed by atoms with Crippen LogP contribution in [0.15, 0.2) is 64.7 Å². The smallest absolute Gasteiger partial charge is 0.263 e. The average molecular weight is 587 g/mol. The summed E-state index contributed by atoms with van der Waals surface area (Å²) in [6.45, 7) is 5.94. The molecule has 0 unspecified atom stereocenters. The van der Waals surface area contributed by atoms with Crippen LogP contribution >= 0.6 is 11.6 Å². The number of fused-ring (bicyclic) bond motifs is 1. The Balaban J connectivity index is 1.71. The van der Waals surface area contributed by atoms with Gasteiger partial charge in [0.25, 0.3) is 15.6 Å². The van der Waals surface area contributed by atoms with E-state index in [1.807, 2.05) is 20.8 Å². The van der Waals surface area contributed by atoms with Gasteiger partial charge in [0.05, 0.1) is 29.4 Å². The number of hydrogen-bond donors (Lipinski definition) is 1. The van der Waals surface area contributed by atoms with Gasteiger partial charge in [-0.3, -0.25) is 18.9 Å². The van der Waals surface area contributed by atoms with Crippen molar-refractivity contribution in [1.29, 1.82) is 0 Å². The van der Waals surface area contributed by atoms with Crippen LogP contribution in [0.1, 0.15) is 27.2 Å². The highest BCUT2D eigenvalue weighted by Gasteiger charge is 2.22. The molecule has 40 heavy (non-hydrogen) atoms. The van der Waals surface area contributed by atoms with E-state index in [9.17, 15) is 22.4 Å². The summed E-state index contributed by atoms with van der Waals surface area (Å²) in [4.78, 5) is 33.8. The van der Waals surface area contributed by atoms with Crippen LogP contribution < -0.4 is 15.0 Å². The van der Waals surface area contributed by atoms with Crippen molar-refractivity contribution in [2.24, 2.45) is 11.8 Å². The van der Waals surface area contributed by atoms with Crippen molar-refractivity contribution in [1.82, 2.24) is 14.5 Å². The SMILES string of the molecule is CCC(=O)[C@H](C)[C@H](C)Cn1cnc2ccc(-c3cnc(OC)c(NS(=O)(=O)c4ccc(F)cc4Cl)c3)cc2c1=O. The lowest BCUT2D eigenvalue weighted by Gasteiger charge is -2.19. The number of methoxy groups -OCH3 is 1. The summed E-state index contributed by atoms with van der Waals surface area (Å²) in [5.41, 5.74) is 1.33. The molecule has 0 amide bonds. The summed E-state index contributed by atoms with van der Waals surface area (Å²) in [5, 5.41) is 0.0781. The molecule has 0 aliphatic carbocycles. The lowest BCUT2D eigenvalue weighted by Crippen LogP contribution is -2.28. The molecule has 2 aromatic carbocycles. The van der Waals surface area contributed by atoms with Gasteiger partial charge in [0, 0.05) is 30.6 Å². The summed E-state index contributed by atoms with van der Waals surface area (Å²) in [6, 6.07) is 9.55. The first-order valence-electron chi connectivity index (χ1n) is 12.5. The summed E-state index contributed by atoms with van der Waals surface area (Å²) >= 11 is 5.98. The Bertz CT molecular complexity index is 1760. The highest BCUT2D eigenvalue weighted by Crippen LogP contribution is 2.32. The van der Waals surface area contributed by atoms with Crippen molar-refractivity contribution < 1.29 is 22.3 Å². The first kappa shape index (κ1) is 29.2. The number of rotatable bonds is 10. The number of sulfonamides is 1. The standard InChI is InChI=1S/C28H28ClFN4O5S/c1-5-25(35)17(3)16(2)14-34-15-32-23-8-6-18(10-21(23)28(34)36)19-11-24(27(39-4)31-13-19)33-40(37,38)26-9-7-20(30)12-22(26)29/h6-13,15-17,33H,5,14H2,1-4H3/t16-,17-/m1/s1. The third-order valence-electron chi connectivity index (χ3n) is 6.82. The first-order valence-corrected chi connectivity index (χ1v) is 14.4. The second kappa shape index (κ2) is 11.7. The van der Waals surface area contributed by atoms with Gasteiger partial charge in [-0.15, -0.1) is 0 Å². The maximum absolute atomic E-state index is 13.5. The molecule has 0 radical (unpaired) electrons. The van der Waals surface area contributed by atoms with Gasteiger partial charge in [-0.1, -0.05) is 38.4 Å². The number of nitrogens with one attached hydrogen (secondary N) is 1. The second-order valence-corrected chi connectivity index (χ2v) is 11.5. The molecule has 0 spiro atoms. The second-order valence-electron chi connectivity index (χ2n) is 9.48. The highest BCUT2D eigenvalue weighted by molar-refractivity contribution is 7.92. The van der Waals surface area contributed by atoms with Crippen LogP contribution in [0.3, 0.4) is 0 Å². The average Bonchev–Trinajstić information content (AvgIpc) is 2.93. The number of halogens is 2. The lowest BCUT2D eigenvalue weighted by molar-refractivity contribution is -0.123. The number of pyridine rings is 1. The molecule has 0 saturated heterocycles. The van der Waals surface area contributed by atoms with E-state index in [1.165, 1.54) is 30.3 Å². The maximum Gasteiger partial charge on any atom is 0.263 e. The third kappa shape index (κ3) is 6.00. The van der Waals surface area contributed by atoms with Crippen molar-refractivity contribution in [3.05, 3.63) is 76.2 Å². The van der Waals surface area contributed by atoms with Crippen molar-refractivity contribution >= 4 is 44.0 Å². The van der Waals surface area contributed by atoms with Crippen LogP contribution in [-0.2, 0) is 21.4 Å². The Morgan fingerprint density at radius 2 is 1.88 bits per heavy atom. The number of ketones is 1. The van der Waals surface area contributed by atoms with Crippen LogP contribution in [0.4, 0.5) is 10.1 Å². The molecule has 0 aliphatic rings. The lowest BCUT2D eigenvalue weighted by atomic mass is 9.90.